The van der Waals surface area contributed by atoms with Crippen molar-refractivity contribution in [1.29, 1.82) is 0 Å². The summed E-state index contributed by atoms with van der Waals surface area (Å²) in [4.78, 5) is 13.0. The molecule has 0 spiro atoms. The largest absolute Gasteiger partial charge is 0.396 e. The molecule has 0 aliphatic heterocycles. The Labute approximate surface area is 335 Å². The Morgan fingerprint density at radius 2 is 1.15 bits per heavy atom. The summed E-state index contributed by atoms with van der Waals surface area (Å²) in [5.74, 6) is -0.913. The maximum Gasteiger partial charge on any atom is 0.220 e. The minimum atomic E-state index is -1.49. The topological polar surface area (TPSA) is 160 Å². The standard InChI is InChI=1S/C46H83NO8/c1-2-3-4-5-6-7-8-9-10-11-12-13-14-15-16-17-18-19-20-21-22-23-27-33-42(50)47-39(36-55-41-34-38(35-48)43(51)46(54)45(41)53)44(52)40(49)32-28-31-37-29-25-24-26-30-37/h24-26,29-30,38-41,43-46,48-49,51-54H,2-23,27-28,31-36H2,1H3,(H,47,50). The molecule has 9 nitrogen and oxygen atoms in total. The van der Waals surface area contributed by atoms with Crippen molar-refractivity contribution in [2.45, 2.75) is 229 Å². The van der Waals surface area contributed by atoms with Gasteiger partial charge in [-0.1, -0.05) is 179 Å². The van der Waals surface area contributed by atoms with Crippen molar-refractivity contribution < 1.29 is 40.2 Å². The Balaban J connectivity index is 1.57. The van der Waals surface area contributed by atoms with Crippen LogP contribution in [0.5, 0.6) is 0 Å². The normalized spacial score (nSPS) is 21.7. The number of aliphatic hydroxyl groups excluding tert-OH is 6. The molecule has 0 aromatic heterocycles. The van der Waals surface area contributed by atoms with Crippen LogP contribution in [0.15, 0.2) is 30.3 Å². The molecule has 1 aromatic rings. The van der Waals surface area contributed by atoms with Crippen molar-refractivity contribution in [3.63, 3.8) is 0 Å². The van der Waals surface area contributed by atoms with Gasteiger partial charge in [0.15, 0.2) is 0 Å². The van der Waals surface area contributed by atoms with Crippen molar-refractivity contribution >= 4 is 5.91 Å². The van der Waals surface area contributed by atoms with Crippen LogP contribution in [-0.2, 0) is 16.0 Å². The fraction of sp³-hybridized carbons (Fsp3) is 0.848. The first kappa shape index (κ1) is 49.6. The molecule has 2 rings (SSSR count). The fourth-order valence-corrected chi connectivity index (χ4v) is 8.03. The SMILES string of the molecule is CCCCCCCCCCCCCCCCCCCCCCCCCC(=O)NC(COC1CC(CO)C(O)C(O)C1O)C(O)C(O)CCCc1ccccc1. The van der Waals surface area contributed by atoms with E-state index in [1.54, 1.807) is 0 Å². The second kappa shape index (κ2) is 32.4. The summed E-state index contributed by atoms with van der Waals surface area (Å²) in [6.07, 6.45) is 24.8. The average molecular weight is 778 g/mol. The first-order valence-electron chi connectivity index (χ1n) is 22.7. The quantitative estimate of drug-likeness (QED) is 0.0341. The maximum atomic E-state index is 13.0. The number of hydrogen-bond donors (Lipinski definition) is 7. The molecular formula is C46H83NO8. The predicted molar refractivity (Wildman–Crippen MR) is 223 cm³/mol. The molecule has 320 valence electrons. The number of hydrogen-bond acceptors (Lipinski definition) is 8. The van der Waals surface area contributed by atoms with Crippen LogP contribution in [0.2, 0.25) is 0 Å². The Morgan fingerprint density at radius 1 is 0.673 bits per heavy atom. The third-order valence-corrected chi connectivity index (χ3v) is 11.8. The Kier molecular flexibility index (Phi) is 29.2. The summed E-state index contributed by atoms with van der Waals surface area (Å²) in [5.41, 5.74) is 1.14. The zero-order valence-electron chi connectivity index (χ0n) is 34.7. The van der Waals surface area contributed by atoms with E-state index in [9.17, 15) is 35.4 Å². The van der Waals surface area contributed by atoms with Gasteiger partial charge in [0.1, 0.15) is 18.3 Å². The molecule has 0 heterocycles. The van der Waals surface area contributed by atoms with Crippen LogP contribution < -0.4 is 5.32 Å². The lowest BCUT2D eigenvalue weighted by atomic mass is 9.81. The molecule has 55 heavy (non-hydrogen) atoms. The van der Waals surface area contributed by atoms with Gasteiger partial charge in [0.2, 0.25) is 5.91 Å². The highest BCUT2D eigenvalue weighted by molar-refractivity contribution is 5.76. The van der Waals surface area contributed by atoms with Gasteiger partial charge < -0.3 is 40.7 Å². The molecule has 1 aliphatic carbocycles. The van der Waals surface area contributed by atoms with Gasteiger partial charge in [-0.3, -0.25) is 4.79 Å². The number of benzene rings is 1. The first-order valence-corrected chi connectivity index (χ1v) is 22.7. The average Bonchev–Trinajstić information content (AvgIpc) is 3.19. The number of unbranched alkanes of at least 4 members (excludes halogenated alkanes) is 22. The third kappa shape index (κ3) is 22.8. The summed E-state index contributed by atoms with van der Waals surface area (Å²) in [5, 5.41) is 65.4. The molecule has 0 saturated heterocycles. The van der Waals surface area contributed by atoms with E-state index in [1.165, 1.54) is 128 Å². The van der Waals surface area contributed by atoms with E-state index in [-0.39, 0.29) is 25.5 Å². The van der Waals surface area contributed by atoms with E-state index in [4.69, 9.17) is 4.74 Å². The van der Waals surface area contributed by atoms with E-state index in [1.807, 2.05) is 30.3 Å². The molecule has 7 N–H and O–H groups in total. The summed E-state index contributed by atoms with van der Waals surface area (Å²) < 4.78 is 5.89. The van der Waals surface area contributed by atoms with E-state index in [0.717, 1.165) is 31.2 Å². The lowest BCUT2D eigenvalue weighted by Gasteiger charge is -2.40. The zero-order chi connectivity index (χ0) is 39.9. The minimum absolute atomic E-state index is 0.103. The monoisotopic (exact) mass is 778 g/mol. The molecule has 0 radical (unpaired) electrons. The Hall–Kier alpha value is -1.59. The van der Waals surface area contributed by atoms with Gasteiger partial charge in [0.25, 0.3) is 0 Å². The zero-order valence-corrected chi connectivity index (χ0v) is 34.7. The van der Waals surface area contributed by atoms with Crippen LogP contribution >= 0.6 is 0 Å². The van der Waals surface area contributed by atoms with E-state index >= 15 is 0 Å². The molecule has 1 aliphatic rings. The number of aryl methyl sites for hydroxylation is 1. The van der Waals surface area contributed by atoms with Crippen LogP contribution in [0, 0.1) is 5.92 Å². The molecule has 1 saturated carbocycles. The van der Waals surface area contributed by atoms with Crippen LogP contribution in [0.3, 0.4) is 0 Å². The van der Waals surface area contributed by atoms with Gasteiger partial charge in [-0.25, -0.2) is 0 Å². The molecule has 1 aromatic carbocycles. The van der Waals surface area contributed by atoms with Crippen molar-refractivity contribution in [3.05, 3.63) is 35.9 Å². The van der Waals surface area contributed by atoms with Gasteiger partial charge in [0.05, 0.1) is 31.0 Å². The highest BCUT2D eigenvalue weighted by Crippen LogP contribution is 2.28. The van der Waals surface area contributed by atoms with Crippen molar-refractivity contribution in [2.75, 3.05) is 13.2 Å². The second-order valence-electron chi connectivity index (χ2n) is 16.7. The molecule has 9 heteroatoms. The van der Waals surface area contributed by atoms with E-state index in [0.29, 0.717) is 19.3 Å². The number of carbonyl (C=O) groups is 1. The number of nitrogens with one attached hydrogen (secondary N) is 1. The van der Waals surface area contributed by atoms with Gasteiger partial charge in [0, 0.05) is 18.9 Å². The molecule has 8 atom stereocenters. The van der Waals surface area contributed by atoms with Crippen molar-refractivity contribution in [3.8, 4) is 0 Å². The highest BCUT2D eigenvalue weighted by Gasteiger charge is 2.43. The highest BCUT2D eigenvalue weighted by atomic mass is 16.5. The van der Waals surface area contributed by atoms with Crippen LogP contribution in [0.1, 0.15) is 186 Å². The molecule has 1 amide bonds. The molecule has 0 bridgehead atoms. The summed E-state index contributed by atoms with van der Waals surface area (Å²) in [6.45, 7) is 1.70. The summed E-state index contributed by atoms with van der Waals surface area (Å²) >= 11 is 0. The number of rotatable bonds is 35. The minimum Gasteiger partial charge on any atom is -0.396 e. The lowest BCUT2D eigenvalue weighted by molar-refractivity contribution is -0.182. The number of amides is 1. The van der Waals surface area contributed by atoms with Crippen LogP contribution in [0.4, 0.5) is 0 Å². The molecule has 1 fully saturated rings. The number of ether oxygens (including phenoxy) is 1. The second-order valence-corrected chi connectivity index (χ2v) is 16.7. The van der Waals surface area contributed by atoms with Gasteiger partial charge >= 0.3 is 0 Å². The first-order chi connectivity index (χ1) is 26.8. The summed E-state index contributed by atoms with van der Waals surface area (Å²) in [6, 6.07) is 8.97. The van der Waals surface area contributed by atoms with Crippen molar-refractivity contribution in [2.24, 2.45) is 5.92 Å². The molecular weight excluding hydrogens is 695 g/mol. The summed E-state index contributed by atoms with van der Waals surface area (Å²) in [7, 11) is 0. The van der Waals surface area contributed by atoms with Gasteiger partial charge in [-0.15, -0.1) is 0 Å². The maximum absolute atomic E-state index is 13.0. The number of carbonyl (C=O) groups excluding carboxylic acids is 1. The van der Waals surface area contributed by atoms with Crippen LogP contribution in [-0.4, -0.2) is 92.4 Å². The van der Waals surface area contributed by atoms with Crippen LogP contribution in [0.25, 0.3) is 0 Å². The van der Waals surface area contributed by atoms with E-state index in [2.05, 4.69) is 12.2 Å². The Morgan fingerprint density at radius 3 is 1.62 bits per heavy atom. The smallest absolute Gasteiger partial charge is 0.220 e. The predicted octanol–water partition coefficient (Wildman–Crippen LogP) is 8.08. The van der Waals surface area contributed by atoms with E-state index < -0.39 is 48.6 Å². The lowest BCUT2D eigenvalue weighted by Crippen LogP contribution is -2.57. The fourth-order valence-electron chi connectivity index (χ4n) is 8.03. The van der Waals surface area contributed by atoms with Gasteiger partial charge in [-0.05, 0) is 37.7 Å². The Bertz CT molecular complexity index is 1030. The van der Waals surface area contributed by atoms with Gasteiger partial charge in [-0.2, -0.15) is 0 Å². The third-order valence-electron chi connectivity index (χ3n) is 11.8. The molecule has 8 unspecified atom stereocenters. The number of aliphatic hydroxyl groups is 6. The van der Waals surface area contributed by atoms with Crippen molar-refractivity contribution in [1.82, 2.24) is 5.32 Å².